The van der Waals surface area contributed by atoms with Crippen LogP contribution in [0.15, 0.2) is 36.4 Å². The zero-order valence-electron chi connectivity index (χ0n) is 13.1. The van der Waals surface area contributed by atoms with Crippen LogP contribution in [0.1, 0.15) is 32.6 Å². The van der Waals surface area contributed by atoms with Crippen molar-refractivity contribution in [3.8, 4) is 0 Å². The molecule has 0 amide bonds. The number of hydrogen-bond acceptors (Lipinski definition) is 3. The Balaban J connectivity index is 2.77. The normalized spacial score (nSPS) is 13.7. The van der Waals surface area contributed by atoms with Gasteiger partial charge in [0.2, 0.25) is 0 Å². The predicted molar refractivity (Wildman–Crippen MR) is 87.0 cm³/mol. The van der Waals surface area contributed by atoms with Crippen molar-refractivity contribution in [2.75, 3.05) is 7.11 Å². The quantitative estimate of drug-likeness (QED) is 0.694. The molecule has 0 bridgehead atoms. The van der Waals surface area contributed by atoms with E-state index in [1.807, 2.05) is 19.9 Å². The third-order valence-electron chi connectivity index (χ3n) is 3.95. The average Bonchev–Trinajstić information content (AvgIpc) is 2.52. The van der Waals surface area contributed by atoms with E-state index in [0.717, 1.165) is 11.1 Å². The van der Waals surface area contributed by atoms with Crippen molar-refractivity contribution in [1.29, 1.82) is 0 Å². The molecular formula is C17H19O4P. The lowest BCUT2D eigenvalue weighted by atomic mass is 9.93. The van der Waals surface area contributed by atoms with E-state index in [1.54, 1.807) is 37.3 Å². The molecule has 2 aromatic carbocycles. The van der Waals surface area contributed by atoms with Gasteiger partial charge in [0.15, 0.2) is 5.78 Å². The molecule has 0 fully saturated rings. The molecule has 5 heteroatoms. The minimum absolute atomic E-state index is 0.0597. The summed E-state index contributed by atoms with van der Waals surface area (Å²) in [6, 6.07) is 10.3. The van der Waals surface area contributed by atoms with Crippen LogP contribution in [-0.2, 0) is 9.09 Å². The van der Waals surface area contributed by atoms with Crippen LogP contribution in [0, 0.1) is 20.8 Å². The van der Waals surface area contributed by atoms with E-state index in [1.165, 1.54) is 7.11 Å². The van der Waals surface area contributed by atoms with Crippen LogP contribution < -0.4 is 5.30 Å². The standard InChI is InChI=1S/C17H19O4P/c1-11-10-15(22(19,20)21-4)16(13(3)12(11)2)17(18)14-8-6-5-7-9-14/h5-10H,1-4H3,(H,19,20). The summed E-state index contributed by atoms with van der Waals surface area (Å²) in [5.74, 6) is -0.275. The van der Waals surface area contributed by atoms with Crippen LogP contribution in [0.4, 0.5) is 0 Å². The lowest BCUT2D eigenvalue weighted by molar-refractivity contribution is 0.103. The second-order valence-corrected chi connectivity index (χ2v) is 7.12. The molecule has 4 nitrogen and oxygen atoms in total. The van der Waals surface area contributed by atoms with Gasteiger partial charge in [-0.15, -0.1) is 0 Å². The fraction of sp³-hybridized carbons (Fsp3) is 0.235. The third-order valence-corrected chi connectivity index (χ3v) is 5.41. The highest BCUT2D eigenvalue weighted by Crippen LogP contribution is 2.42. The van der Waals surface area contributed by atoms with E-state index in [4.69, 9.17) is 4.52 Å². The van der Waals surface area contributed by atoms with Crippen molar-refractivity contribution in [3.05, 3.63) is 64.2 Å². The molecule has 0 aliphatic rings. The summed E-state index contributed by atoms with van der Waals surface area (Å²) in [6.45, 7) is 5.53. The van der Waals surface area contributed by atoms with E-state index < -0.39 is 7.60 Å². The Bertz CT molecular complexity index is 766. The van der Waals surface area contributed by atoms with Crippen LogP contribution >= 0.6 is 7.60 Å². The first-order valence-electron chi connectivity index (χ1n) is 6.89. The molecule has 2 rings (SSSR count). The monoisotopic (exact) mass is 318 g/mol. The summed E-state index contributed by atoms with van der Waals surface area (Å²) >= 11 is 0. The van der Waals surface area contributed by atoms with Crippen LogP contribution in [0.5, 0.6) is 0 Å². The van der Waals surface area contributed by atoms with Crippen molar-refractivity contribution in [1.82, 2.24) is 0 Å². The van der Waals surface area contributed by atoms with Crippen LogP contribution in [0.3, 0.4) is 0 Å². The average molecular weight is 318 g/mol. The molecule has 1 unspecified atom stereocenters. The molecule has 0 aliphatic heterocycles. The van der Waals surface area contributed by atoms with Crippen LogP contribution in [0.25, 0.3) is 0 Å². The van der Waals surface area contributed by atoms with Gasteiger partial charge in [0.25, 0.3) is 0 Å². The maximum absolute atomic E-state index is 12.8. The fourth-order valence-corrected chi connectivity index (χ4v) is 3.51. The van der Waals surface area contributed by atoms with Crippen LogP contribution in [-0.4, -0.2) is 17.8 Å². The van der Waals surface area contributed by atoms with Crippen molar-refractivity contribution in [2.45, 2.75) is 20.8 Å². The van der Waals surface area contributed by atoms with Gasteiger partial charge in [-0.05, 0) is 43.5 Å². The molecule has 0 aromatic heterocycles. The van der Waals surface area contributed by atoms with Crippen molar-refractivity contribution in [3.63, 3.8) is 0 Å². The van der Waals surface area contributed by atoms with E-state index in [2.05, 4.69) is 0 Å². The molecule has 0 radical (unpaired) electrons. The predicted octanol–water partition coefficient (Wildman–Crippen LogP) is 3.30. The lowest BCUT2D eigenvalue weighted by Gasteiger charge is -2.19. The van der Waals surface area contributed by atoms with Gasteiger partial charge >= 0.3 is 7.60 Å². The molecule has 0 saturated carbocycles. The van der Waals surface area contributed by atoms with Gasteiger partial charge in [-0.3, -0.25) is 9.36 Å². The van der Waals surface area contributed by atoms with Crippen molar-refractivity contribution in [2.24, 2.45) is 0 Å². The van der Waals surface area contributed by atoms with Gasteiger partial charge < -0.3 is 9.42 Å². The second-order valence-electron chi connectivity index (χ2n) is 5.24. The molecule has 0 saturated heterocycles. The Hall–Kier alpha value is -1.74. The summed E-state index contributed by atoms with van der Waals surface area (Å²) in [5.41, 5.74) is 3.21. The second kappa shape index (κ2) is 6.17. The number of rotatable bonds is 4. The lowest BCUT2D eigenvalue weighted by Crippen LogP contribution is -2.21. The van der Waals surface area contributed by atoms with E-state index in [-0.39, 0.29) is 16.7 Å². The molecule has 1 atom stereocenters. The number of benzene rings is 2. The number of carbonyl (C=O) groups is 1. The van der Waals surface area contributed by atoms with Gasteiger partial charge in [0.1, 0.15) is 0 Å². The molecule has 1 N–H and O–H groups in total. The van der Waals surface area contributed by atoms with Gasteiger partial charge in [-0.2, -0.15) is 0 Å². The maximum atomic E-state index is 12.8. The minimum Gasteiger partial charge on any atom is -0.321 e. The fourth-order valence-electron chi connectivity index (χ4n) is 2.40. The summed E-state index contributed by atoms with van der Waals surface area (Å²) in [6.07, 6.45) is 0. The first kappa shape index (κ1) is 16.6. The van der Waals surface area contributed by atoms with Crippen molar-refractivity contribution >= 4 is 18.7 Å². The van der Waals surface area contributed by atoms with Gasteiger partial charge in [-0.1, -0.05) is 30.3 Å². The van der Waals surface area contributed by atoms with E-state index >= 15 is 0 Å². The summed E-state index contributed by atoms with van der Waals surface area (Å²) in [4.78, 5) is 22.9. The largest absolute Gasteiger partial charge is 0.359 e. The zero-order valence-corrected chi connectivity index (χ0v) is 14.0. The Morgan fingerprint density at radius 3 is 2.23 bits per heavy atom. The van der Waals surface area contributed by atoms with Gasteiger partial charge in [-0.25, -0.2) is 0 Å². The molecular weight excluding hydrogens is 299 g/mol. The summed E-state index contributed by atoms with van der Waals surface area (Å²) < 4.78 is 17.1. The number of aryl methyl sites for hydroxylation is 1. The number of ketones is 1. The van der Waals surface area contributed by atoms with Gasteiger partial charge in [0, 0.05) is 18.2 Å². The highest BCUT2D eigenvalue weighted by Gasteiger charge is 2.30. The summed E-state index contributed by atoms with van der Waals surface area (Å²) in [7, 11) is -2.86. The van der Waals surface area contributed by atoms with Crippen molar-refractivity contribution < 1.29 is 18.8 Å². The molecule has 0 heterocycles. The molecule has 0 spiro atoms. The minimum atomic E-state index is -4.03. The Morgan fingerprint density at radius 1 is 1.09 bits per heavy atom. The molecule has 0 aliphatic carbocycles. The molecule has 116 valence electrons. The van der Waals surface area contributed by atoms with Gasteiger partial charge in [0.05, 0.1) is 5.30 Å². The first-order valence-corrected chi connectivity index (χ1v) is 8.47. The van der Waals surface area contributed by atoms with E-state index in [9.17, 15) is 14.3 Å². The zero-order chi connectivity index (χ0) is 16.5. The highest BCUT2D eigenvalue weighted by molar-refractivity contribution is 7.61. The Morgan fingerprint density at radius 2 is 1.68 bits per heavy atom. The molecule has 22 heavy (non-hydrogen) atoms. The summed E-state index contributed by atoms with van der Waals surface area (Å²) in [5, 5.41) is 0.0597. The smallest absolute Gasteiger partial charge is 0.321 e. The number of hydrogen-bond donors (Lipinski definition) is 1. The third kappa shape index (κ3) is 2.91. The topological polar surface area (TPSA) is 63.6 Å². The highest BCUT2D eigenvalue weighted by atomic mass is 31.2. The van der Waals surface area contributed by atoms with Crippen LogP contribution in [0.2, 0.25) is 0 Å². The Kier molecular flexibility index (Phi) is 4.66. The van der Waals surface area contributed by atoms with E-state index in [0.29, 0.717) is 11.1 Å². The maximum Gasteiger partial charge on any atom is 0.359 e. The number of carbonyl (C=O) groups excluding carboxylic acids is 1. The first-order chi connectivity index (χ1) is 10.3. The Labute approximate surface area is 130 Å². The molecule has 2 aromatic rings. The SMILES string of the molecule is COP(=O)(O)c1cc(C)c(C)c(C)c1C(=O)c1ccccc1.